The number of benzene rings is 3. The Morgan fingerprint density at radius 3 is 2.14 bits per heavy atom. The van der Waals surface area contributed by atoms with Gasteiger partial charge in [-0.2, -0.15) is 0 Å². The van der Waals surface area contributed by atoms with Gasteiger partial charge in [-0.3, -0.25) is 13.9 Å². The minimum absolute atomic E-state index is 0.0299. The van der Waals surface area contributed by atoms with Crippen molar-refractivity contribution in [3.8, 4) is 11.5 Å². The molecule has 0 saturated heterocycles. The average Bonchev–Trinajstić information content (AvgIpc) is 2.93. The summed E-state index contributed by atoms with van der Waals surface area (Å²) in [4.78, 5) is 28.9. The normalized spacial score (nSPS) is 12.3. The smallest absolute Gasteiger partial charge is 0.264 e. The van der Waals surface area contributed by atoms with Crippen molar-refractivity contribution in [1.29, 1.82) is 0 Å². The fourth-order valence-electron chi connectivity index (χ4n) is 4.37. The summed E-state index contributed by atoms with van der Waals surface area (Å²) in [5.41, 5.74) is 2.09. The molecule has 0 radical (unpaired) electrons. The molecule has 1 atom stereocenters. The first kappa shape index (κ1) is 32.5. The standard InChI is InChI=1S/C32H41N3O6S/c1-22-12-15-27(16-13-22)42(38,39)35(28-18-23(2)14-17-29(28)41-8)21-30(36)34(24(3)31(37)33-32(4,5)6)20-25-10-9-11-26(19-25)40-7/h9-19,24H,20-21H2,1-8H3,(H,33,37). The van der Waals surface area contributed by atoms with Gasteiger partial charge in [-0.15, -0.1) is 0 Å². The monoisotopic (exact) mass is 595 g/mol. The van der Waals surface area contributed by atoms with Crippen molar-refractivity contribution in [3.63, 3.8) is 0 Å². The second-order valence-electron chi connectivity index (χ2n) is 11.3. The number of nitrogens with zero attached hydrogens (tertiary/aromatic N) is 2. The molecule has 3 rings (SSSR count). The molecule has 0 bridgehead atoms. The average molecular weight is 596 g/mol. The molecular weight excluding hydrogens is 554 g/mol. The summed E-state index contributed by atoms with van der Waals surface area (Å²) in [7, 11) is -1.23. The fraction of sp³-hybridized carbons (Fsp3) is 0.375. The molecule has 10 heteroatoms. The molecule has 0 aliphatic heterocycles. The van der Waals surface area contributed by atoms with E-state index < -0.39 is 34.1 Å². The van der Waals surface area contributed by atoms with Gasteiger partial charge in [0.15, 0.2) is 0 Å². The maximum absolute atomic E-state index is 14.2. The maximum atomic E-state index is 14.2. The summed E-state index contributed by atoms with van der Waals surface area (Å²) < 4.78 is 40.2. The van der Waals surface area contributed by atoms with Crippen LogP contribution in [0.15, 0.2) is 71.6 Å². The summed E-state index contributed by atoms with van der Waals surface area (Å²) in [5, 5.41) is 2.93. The van der Waals surface area contributed by atoms with Gasteiger partial charge in [0.05, 0.1) is 24.8 Å². The molecule has 0 fully saturated rings. The number of rotatable bonds is 11. The zero-order valence-electron chi connectivity index (χ0n) is 25.6. The molecule has 0 heterocycles. The van der Waals surface area contributed by atoms with Crippen LogP contribution >= 0.6 is 0 Å². The molecule has 0 spiro atoms. The van der Waals surface area contributed by atoms with Crippen molar-refractivity contribution in [2.45, 2.75) is 64.6 Å². The van der Waals surface area contributed by atoms with Gasteiger partial charge >= 0.3 is 0 Å². The molecule has 3 aromatic rings. The first-order valence-corrected chi connectivity index (χ1v) is 15.1. The van der Waals surface area contributed by atoms with Crippen molar-refractivity contribution < 1.29 is 27.5 Å². The topological polar surface area (TPSA) is 105 Å². The Balaban J connectivity index is 2.12. The number of methoxy groups -OCH3 is 2. The van der Waals surface area contributed by atoms with Crippen LogP contribution < -0.4 is 19.1 Å². The zero-order chi connectivity index (χ0) is 31.2. The lowest BCUT2D eigenvalue weighted by atomic mass is 10.1. The quantitative estimate of drug-likeness (QED) is 0.340. The van der Waals surface area contributed by atoms with Gasteiger partial charge in [0, 0.05) is 12.1 Å². The number of nitrogens with one attached hydrogen (secondary N) is 1. The molecule has 0 aromatic heterocycles. The molecule has 0 aliphatic carbocycles. The fourth-order valence-corrected chi connectivity index (χ4v) is 5.79. The van der Waals surface area contributed by atoms with Gasteiger partial charge in [-0.1, -0.05) is 35.9 Å². The Kier molecular flexibility index (Phi) is 10.3. The largest absolute Gasteiger partial charge is 0.497 e. The van der Waals surface area contributed by atoms with Crippen molar-refractivity contribution in [3.05, 3.63) is 83.4 Å². The SMILES string of the molecule is COc1cccc(CN(C(=O)CN(c2cc(C)ccc2OC)S(=O)(=O)c2ccc(C)cc2)C(C)C(=O)NC(C)(C)C)c1. The van der Waals surface area contributed by atoms with Crippen LogP contribution in [0.1, 0.15) is 44.4 Å². The van der Waals surface area contributed by atoms with Gasteiger partial charge in [-0.05, 0) is 89.1 Å². The van der Waals surface area contributed by atoms with Crippen LogP contribution in [0.2, 0.25) is 0 Å². The highest BCUT2D eigenvalue weighted by Gasteiger charge is 2.34. The first-order chi connectivity index (χ1) is 19.7. The van der Waals surface area contributed by atoms with E-state index in [0.29, 0.717) is 11.5 Å². The molecule has 0 aliphatic rings. The Bertz CT molecular complexity index is 1510. The van der Waals surface area contributed by atoms with Gasteiger partial charge in [-0.25, -0.2) is 8.42 Å². The zero-order valence-corrected chi connectivity index (χ0v) is 26.4. The van der Waals surface area contributed by atoms with Crippen molar-refractivity contribution in [1.82, 2.24) is 10.2 Å². The molecule has 2 amide bonds. The van der Waals surface area contributed by atoms with Crippen LogP contribution in [0.4, 0.5) is 5.69 Å². The van der Waals surface area contributed by atoms with Crippen LogP contribution in [0.25, 0.3) is 0 Å². The summed E-state index contributed by atoms with van der Waals surface area (Å²) >= 11 is 0. The number of ether oxygens (including phenoxy) is 2. The highest BCUT2D eigenvalue weighted by Crippen LogP contribution is 2.34. The molecule has 9 nitrogen and oxygen atoms in total. The van der Waals surface area contributed by atoms with Gasteiger partial charge in [0.25, 0.3) is 10.0 Å². The third kappa shape index (κ3) is 8.03. The van der Waals surface area contributed by atoms with E-state index >= 15 is 0 Å². The maximum Gasteiger partial charge on any atom is 0.264 e. The van der Waals surface area contributed by atoms with Crippen LogP contribution in [0.3, 0.4) is 0 Å². The van der Waals surface area contributed by atoms with Crippen LogP contribution in [-0.2, 0) is 26.2 Å². The van der Waals surface area contributed by atoms with E-state index in [1.54, 1.807) is 62.6 Å². The molecule has 42 heavy (non-hydrogen) atoms. The lowest BCUT2D eigenvalue weighted by Gasteiger charge is -2.34. The first-order valence-electron chi connectivity index (χ1n) is 13.6. The van der Waals surface area contributed by atoms with E-state index in [1.807, 2.05) is 40.7 Å². The predicted octanol–water partition coefficient (Wildman–Crippen LogP) is 4.85. The minimum atomic E-state index is -4.22. The summed E-state index contributed by atoms with van der Waals surface area (Å²) in [6.45, 7) is 10.4. The second kappa shape index (κ2) is 13.3. The summed E-state index contributed by atoms with van der Waals surface area (Å²) in [6.07, 6.45) is 0. The van der Waals surface area contributed by atoms with E-state index in [2.05, 4.69) is 5.32 Å². The molecule has 1 N–H and O–H groups in total. The van der Waals surface area contributed by atoms with Crippen molar-refractivity contribution in [2.75, 3.05) is 25.1 Å². The molecule has 1 unspecified atom stereocenters. The number of carbonyl (C=O) groups is 2. The van der Waals surface area contributed by atoms with Crippen LogP contribution in [0, 0.1) is 13.8 Å². The number of carbonyl (C=O) groups excluding carboxylic acids is 2. The van der Waals surface area contributed by atoms with E-state index in [-0.39, 0.29) is 23.0 Å². The Morgan fingerprint density at radius 2 is 1.55 bits per heavy atom. The third-order valence-electron chi connectivity index (χ3n) is 6.64. The second-order valence-corrected chi connectivity index (χ2v) is 13.2. The number of hydrogen-bond acceptors (Lipinski definition) is 6. The highest BCUT2D eigenvalue weighted by molar-refractivity contribution is 7.92. The van der Waals surface area contributed by atoms with E-state index in [1.165, 1.54) is 24.1 Å². The Morgan fingerprint density at radius 1 is 0.905 bits per heavy atom. The number of anilines is 1. The highest BCUT2D eigenvalue weighted by atomic mass is 32.2. The lowest BCUT2D eigenvalue weighted by Crippen LogP contribution is -2.54. The summed E-state index contributed by atoms with van der Waals surface area (Å²) in [5.74, 6) is -0.0322. The Hall–Kier alpha value is -4.05. The number of amides is 2. The molecular formula is C32H41N3O6S. The lowest BCUT2D eigenvalue weighted by molar-refractivity contribution is -0.140. The number of aryl methyl sites for hydroxylation is 2. The van der Waals surface area contributed by atoms with E-state index in [0.717, 1.165) is 21.0 Å². The van der Waals surface area contributed by atoms with Gasteiger partial charge < -0.3 is 19.7 Å². The van der Waals surface area contributed by atoms with Crippen molar-refractivity contribution >= 4 is 27.5 Å². The Labute approximate surface area is 249 Å². The van der Waals surface area contributed by atoms with E-state index in [9.17, 15) is 18.0 Å². The van der Waals surface area contributed by atoms with Gasteiger partial charge in [0.1, 0.15) is 24.1 Å². The van der Waals surface area contributed by atoms with Crippen LogP contribution in [0.5, 0.6) is 11.5 Å². The summed E-state index contributed by atoms with van der Waals surface area (Å²) in [6, 6.07) is 17.8. The van der Waals surface area contributed by atoms with Crippen molar-refractivity contribution in [2.24, 2.45) is 0 Å². The minimum Gasteiger partial charge on any atom is -0.497 e. The molecule has 0 saturated carbocycles. The van der Waals surface area contributed by atoms with E-state index in [4.69, 9.17) is 9.47 Å². The van der Waals surface area contributed by atoms with Crippen LogP contribution in [-0.4, -0.2) is 57.5 Å². The molecule has 3 aromatic carbocycles. The third-order valence-corrected chi connectivity index (χ3v) is 8.42. The number of sulfonamides is 1. The predicted molar refractivity (Wildman–Crippen MR) is 164 cm³/mol. The molecule has 226 valence electrons. The number of hydrogen-bond donors (Lipinski definition) is 1. The van der Waals surface area contributed by atoms with Gasteiger partial charge in [0.2, 0.25) is 11.8 Å².